The molecule has 104 valence electrons. The Morgan fingerprint density at radius 1 is 1.16 bits per heavy atom. The summed E-state index contributed by atoms with van der Waals surface area (Å²) in [6.45, 7) is 0. The summed E-state index contributed by atoms with van der Waals surface area (Å²) < 4.78 is 0. The van der Waals surface area contributed by atoms with E-state index in [0.29, 0.717) is 15.6 Å². The van der Waals surface area contributed by atoms with E-state index in [4.69, 9.17) is 23.2 Å². The average Bonchev–Trinajstić information content (AvgIpc) is 2.41. The number of Topliss-reactive ketones (excluding diaryl/α,β-unsaturated/α-hetero) is 1. The molecule has 0 bridgehead atoms. The molecule has 0 amide bonds. The van der Waals surface area contributed by atoms with Crippen molar-refractivity contribution in [1.82, 2.24) is 4.90 Å². The molecule has 4 heteroatoms. The Hall–Kier alpha value is -0.570. The quantitative estimate of drug-likeness (QED) is 0.769. The van der Waals surface area contributed by atoms with E-state index < -0.39 is 5.54 Å². The van der Waals surface area contributed by atoms with Crippen LogP contribution in [0.2, 0.25) is 10.0 Å². The third-order valence-corrected chi connectivity index (χ3v) is 4.70. The van der Waals surface area contributed by atoms with E-state index >= 15 is 0 Å². The maximum atomic E-state index is 13.0. The van der Waals surface area contributed by atoms with Crippen LogP contribution in [0.1, 0.15) is 42.5 Å². The maximum absolute atomic E-state index is 13.0. The van der Waals surface area contributed by atoms with Crippen molar-refractivity contribution in [3.05, 3.63) is 33.8 Å². The summed E-state index contributed by atoms with van der Waals surface area (Å²) >= 11 is 12.2. The minimum absolute atomic E-state index is 0.102. The molecule has 0 heterocycles. The monoisotopic (exact) mass is 299 g/mol. The lowest BCUT2D eigenvalue weighted by Crippen LogP contribution is -2.52. The van der Waals surface area contributed by atoms with Gasteiger partial charge in [0.05, 0.1) is 10.6 Å². The Bertz CT molecular complexity index is 479. The third kappa shape index (κ3) is 2.81. The van der Waals surface area contributed by atoms with E-state index in [9.17, 15) is 4.79 Å². The Labute approximate surface area is 124 Å². The fraction of sp³-hybridized carbons (Fsp3) is 0.533. The van der Waals surface area contributed by atoms with Crippen LogP contribution in [0.5, 0.6) is 0 Å². The van der Waals surface area contributed by atoms with Gasteiger partial charge in [0.15, 0.2) is 5.78 Å². The molecule has 2 rings (SSSR count). The van der Waals surface area contributed by atoms with Gasteiger partial charge in [-0.3, -0.25) is 9.69 Å². The highest BCUT2D eigenvalue weighted by molar-refractivity contribution is 6.36. The van der Waals surface area contributed by atoms with Gasteiger partial charge in [0.2, 0.25) is 0 Å². The van der Waals surface area contributed by atoms with Crippen LogP contribution in [-0.2, 0) is 0 Å². The third-order valence-electron chi connectivity index (χ3n) is 4.13. The molecular formula is C15H19Cl2NO. The predicted octanol–water partition coefficient (Wildman–Crippen LogP) is 4.44. The molecular weight excluding hydrogens is 281 g/mol. The number of likely N-dealkylation sites (N-methyl/N-ethyl adjacent to an activating group) is 1. The van der Waals surface area contributed by atoms with Gasteiger partial charge in [-0.05, 0) is 45.1 Å². The molecule has 1 aliphatic carbocycles. The molecule has 0 spiro atoms. The van der Waals surface area contributed by atoms with Crippen molar-refractivity contribution in [2.24, 2.45) is 0 Å². The Balaban J connectivity index is 2.42. The van der Waals surface area contributed by atoms with Gasteiger partial charge in [0.25, 0.3) is 0 Å². The van der Waals surface area contributed by atoms with Gasteiger partial charge in [0.1, 0.15) is 0 Å². The molecule has 1 aromatic rings. The van der Waals surface area contributed by atoms with Crippen LogP contribution in [0.3, 0.4) is 0 Å². The summed E-state index contributed by atoms with van der Waals surface area (Å²) in [4.78, 5) is 15.0. The molecule has 0 N–H and O–H groups in total. The molecule has 0 atom stereocenters. The molecule has 1 saturated carbocycles. The summed E-state index contributed by atoms with van der Waals surface area (Å²) in [6.07, 6.45) is 5.15. The van der Waals surface area contributed by atoms with Gasteiger partial charge in [0, 0.05) is 10.6 Å². The maximum Gasteiger partial charge on any atom is 0.184 e. The van der Waals surface area contributed by atoms with Gasteiger partial charge in [-0.1, -0.05) is 42.5 Å². The summed E-state index contributed by atoms with van der Waals surface area (Å²) in [7, 11) is 3.95. The lowest BCUT2D eigenvalue weighted by Gasteiger charge is -2.41. The molecule has 2 nitrogen and oxygen atoms in total. The zero-order chi connectivity index (χ0) is 14.0. The van der Waals surface area contributed by atoms with Crippen LogP contribution in [0, 0.1) is 0 Å². The molecule has 1 fully saturated rings. The smallest absolute Gasteiger partial charge is 0.184 e. The Morgan fingerprint density at radius 2 is 1.79 bits per heavy atom. The normalized spacial score (nSPS) is 18.6. The fourth-order valence-electron chi connectivity index (χ4n) is 2.94. The second-order valence-electron chi connectivity index (χ2n) is 5.44. The highest BCUT2D eigenvalue weighted by Crippen LogP contribution is 2.37. The van der Waals surface area contributed by atoms with Gasteiger partial charge < -0.3 is 0 Å². The highest BCUT2D eigenvalue weighted by atomic mass is 35.5. The van der Waals surface area contributed by atoms with Gasteiger partial charge in [-0.15, -0.1) is 0 Å². The second-order valence-corrected chi connectivity index (χ2v) is 6.28. The number of carbonyl (C=O) groups is 1. The van der Waals surface area contributed by atoms with Crippen LogP contribution < -0.4 is 0 Å². The van der Waals surface area contributed by atoms with Crippen LogP contribution in [0.15, 0.2) is 18.2 Å². The van der Waals surface area contributed by atoms with E-state index in [0.717, 1.165) is 25.7 Å². The summed E-state index contributed by atoms with van der Waals surface area (Å²) in [5, 5.41) is 1.04. The van der Waals surface area contributed by atoms with Crippen LogP contribution >= 0.6 is 23.2 Å². The second kappa shape index (κ2) is 5.82. The van der Waals surface area contributed by atoms with Crippen molar-refractivity contribution < 1.29 is 4.79 Å². The van der Waals surface area contributed by atoms with E-state index in [1.807, 2.05) is 19.0 Å². The van der Waals surface area contributed by atoms with Gasteiger partial charge in [-0.2, -0.15) is 0 Å². The molecule has 0 aliphatic heterocycles. The first-order valence-electron chi connectivity index (χ1n) is 6.65. The molecule has 0 radical (unpaired) electrons. The van der Waals surface area contributed by atoms with E-state index in [2.05, 4.69) is 0 Å². The molecule has 0 aromatic heterocycles. The van der Waals surface area contributed by atoms with Crippen molar-refractivity contribution >= 4 is 29.0 Å². The SMILES string of the molecule is CN(C)C1(C(=O)c2cc(Cl)ccc2Cl)CCCCC1. The number of carbonyl (C=O) groups excluding carboxylic acids is 1. The van der Waals surface area contributed by atoms with Crippen LogP contribution in [-0.4, -0.2) is 30.3 Å². The molecule has 0 unspecified atom stereocenters. The molecule has 19 heavy (non-hydrogen) atoms. The zero-order valence-electron chi connectivity index (χ0n) is 11.4. The van der Waals surface area contributed by atoms with E-state index in [1.165, 1.54) is 6.42 Å². The van der Waals surface area contributed by atoms with Crippen molar-refractivity contribution in [3.63, 3.8) is 0 Å². The van der Waals surface area contributed by atoms with E-state index in [-0.39, 0.29) is 5.78 Å². The summed E-state index contributed by atoms with van der Waals surface area (Å²) in [5.74, 6) is 0.102. The number of benzene rings is 1. The molecule has 0 saturated heterocycles. The molecule has 1 aliphatic rings. The van der Waals surface area contributed by atoms with Gasteiger partial charge >= 0.3 is 0 Å². The minimum atomic E-state index is -0.424. The topological polar surface area (TPSA) is 20.3 Å². The first-order chi connectivity index (χ1) is 8.97. The van der Waals surface area contributed by atoms with E-state index in [1.54, 1.807) is 18.2 Å². The first-order valence-corrected chi connectivity index (χ1v) is 7.40. The zero-order valence-corrected chi connectivity index (χ0v) is 12.9. The lowest BCUT2D eigenvalue weighted by molar-refractivity contribution is 0.0564. The Morgan fingerprint density at radius 3 is 2.37 bits per heavy atom. The van der Waals surface area contributed by atoms with Crippen LogP contribution in [0.4, 0.5) is 0 Å². The summed E-state index contributed by atoms with van der Waals surface area (Å²) in [5.41, 5.74) is 0.122. The number of halogens is 2. The minimum Gasteiger partial charge on any atom is -0.297 e. The van der Waals surface area contributed by atoms with Crippen molar-refractivity contribution in [3.8, 4) is 0 Å². The van der Waals surface area contributed by atoms with Crippen molar-refractivity contribution in [2.45, 2.75) is 37.6 Å². The van der Waals surface area contributed by atoms with Crippen LogP contribution in [0.25, 0.3) is 0 Å². The lowest BCUT2D eigenvalue weighted by atomic mass is 9.75. The van der Waals surface area contributed by atoms with Crippen molar-refractivity contribution in [2.75, 3.05) is 14.1 Å². The number of ketones is 1. The number of hydrogen-bond donors (Lipinski definition) is 0. The Kier molecular flexibility index (Phi) is 4.54. The number of rotatable bonds is 3. The summed E-state index contributed by atoms with van der Waals surface area (Å²) in [6, 6.07) is 5.10. The fourth-order valence-corrected chi connectivity index (χ4v) is 3.31. The first kappa shape index (κ1) is 14.8. The van der Waals surface area contributed by atoms with Gasteiger partial charge in [-0.25, -0.2) is 0 Å². The average molecular weight is 300 g/mol. The highest BCUT2D eigenvalue weighted by Gasteiger charge is 2.42. The number of hydrogen-bond acceptors (Lipinski definition) is 2. The predicted molar refractivity (Wildman–Crippen MR) is 80.3 cm³/mol. The number of nitrogens with zero attached hydrogens (tertiary/aromatic N) is 1. The standard InChI is InChI=1S/C15H19Cl2NO/c1-18(2)15(8-4-3-5-9-15)14(19)12-10-11(16)6-7-13(12)17/h6-7,10H,3-5,8-9H2,1-2H3. The molecule has 1 aromatic carbocycles. The largest absolute Gasteiger partial charge is 0.297 e. The van der Waals surface area contributed by atoms with Crippen molar-refractivity contribution in [1.29, 1.82) is 0 Å².